The molecule has 1 aliphatic rings. The molecule has 1 aromatic rings. The van der Waals surface area contributed by atoms with Gasteiger partial charge in [-0.25, -0.2) is 0 Å². The van der Waals surface area contributed by atoms with Gasteiger partial charge in [-0.2, -0.15) is 0 Å². The molecule has 2 unspecified atom stereocenters. The number of fused-ring (bicyclic) bond motifs is 1. The summed E-state index contributed by atoms with van der Waals surface area (Å²) in [5.41, 5.74) is 3.00. The van der Waals surface area contributed by atoms with E-state index in [0.717, 1.165) is 11.2 Å². The van der Waals surface area contributed by atoms with E-state index in [1.165, 1.54) is 43.5 Å². The fourth-order valence-corrected chi connectivity index (χ4v) is 3.47. The van der Waals surface area contributed by atoms with Crippen LogP contribution >= 0.6 is 15.9 Å². The van der Waals surface area contributed by atoms with Gasteiger partial charge in [-0.15, -0.1) is 0 Å². The van der Waals surface area contributed by atoms with Crippen LogP contribution in [0.2, 0.25) is 0 Å². The molecule has 1 aliphatic heterocycles. The van der Waals surface area contributed by atoms with Crippen molar-refractivity contribution in [3.63, 3.8) is 0 Å². The summed E-state index contributed by atoms with van der Waals surface area (Å²) in [6, 6.07) is 9.60. The van der Waals surface area contributed by atoms with Crippen LogP contribution in [0.3, 0.4) is 0 Å². The second-order valence-electron chi connectivity index (χ2n) is 5.48. The summed E-state index contributed by atoms with van der Waals surface area (Å²) in [7, 11) is 0. The number of para-hydroxylation sites is 1. The number of aryl methyl sites for hydroxylation is 1. The molecule has 2 atom stereocenters. The molecule has 100 valence electrons. The van der Waals surface area contributed by atoms with Crippen molar-refractivity contribution in [3.05, 3.63) is 29.8 Å². The van der Waals surface area contributed by atoms with E-state index in [2.05, 4.69) is 58.9 Å². The summed E-state index contributed by atoms with van der Waals surface area (Å²) >= 11 is 3.68. The average molecular weight is 310 g/mol. The Morgan fingerprint density at radius 3 is 2.89 bits per heavy atom. The number of anilines is 1. The molecule has 18 heavy (non-hydrogen) atoms. The Kier molecular flexibility index (Phi) is 5.11. The lowest BCUT2D eigenvalue weighted by Gasteiger charge is -2.39. The largest absolute Gasteiger partial charge is 0.368 e. The summed E-state index contributed by atoms with van der Waals surface area (Å²) in [6.07, 6.45) is 5.12. The van der Waals surface area contributed by atoms with Gasteiger partial charge in [0.1, 0.15) is 0 Å². The average Bonchev–Trinajstić information content (AvgIpc) is 2.41. The molecule has 0 N–H and O–H groups in total. The van der Waals surface area contributed by atoms with Crippen molar-refractivity contribution in [1.29, 1.82) is 0 Å². The standard InChI is InChI=1S/C16H24BrN/c1-3-6-14(11-17)12-18-13(2)9-10-15-7-4-5-8-16(15)18/h4-5,7-8,13-14H,3,6,9-12H2,1-2H3. The molecular weight excluding hydrogens is 286 g/mol. The number of hydrogen-bond acceptors (Lipinski definition) is 1. The highest BCUT2D eigenvalue weighted by Gasteiger charge is 2.24. The minimum absolute atomic E-state index is 0.679. The Bertz CT molecular complexity index is 377. The van der Waals surface area contributed by atoms with Crippen molar-refractivity contribution in [2.75, 3.05) is 16.8 Å². The van der Waals surface area contributed by atoms with Gasteiger partial charge in [-0.1, -0.05) is 47.5 Å². The van der Waals surface area contributed by atoms with Crippen LogP contribution < -0.4 is 4.90 Å². The Balaban J connectivity index is 2.15. The first-order chi connectivity index (χ1) is 8.76. The first-order valence-corrected chi connectivity index (χ1v) is 8.29. The lowest BCUT2D eigenvalue weighted by Crippen LogP contribution is -2.41. The molecule has 2 rings (SSSR count). The lowest BCUT2D eigenvalue weighted by molar-refractivity contribution is 0.471. The fourth-order valence-electron chi connectivity index (χ4n) is 2.94. The van der Waals surface area contributed by atoms with E-state index in [0.29, 0.717) is 6.04 Å². The van der Waals surface area contributed by atoms with Gasteiger partial charge in [0.2, 0.25) is 0 Å². The number of nitrogens with zero attached hydrogens (tertiary/aromatic N) is 1. The van der Waals surface area contributed by atoms with Crippen molar-refractivity contribution in [2.24, 2.45) is 5.92 Å². The number of benzene rings is 1. The molecule has 0 amide bonds. The predicted molar refractivity (Wildman–Crippen MR) is 83.8 cm³/mol. The summed E-state index contributed by atoms with van der Waals surface area (Å²) in [4.78, 5) is 2.63. The van der Waals surface area contributed by atoms with Crippen LogP contribution in [-0.4, -0.2) is 17.9 Å². The third-order valence-corrected chi connectivity index (χ3v) is 4.95. The van der Waals surface area contributed by atoms with Crippen LogP contribution in [0, 0.1) is 5.92 Å². The fraction of sp³-hybridized carbons (Fsp3) is 0.625. The van der Waals surface area contributed by atoms with Gasteiger partial charge in [-0.3, -0.25) is 0 Å². The second-order valence-corrected chi connectivity index (χ2v) is 6.13. The molecule has 0 spiro atoms. The maximum Gasteiger partial charge on any atom is 0.0401 e. The highest BCUT2D eigenvalue weighted by Crippen LogP contribution is 2.31. The van der Waals surface area contributed by atoms with E-state index in [1.807, 2.05) is 0 Å². The number of halogens is 1. The smallest absolute Gasteiger partial charge is 0.0401 e. The van der Waals surface area contributed by atoms with E-state index in [1.54, 1.807) is 0 Å². The van der Waals surface area contributed by atoms with E-state index in [9.17, 15) is 0 Å². The highest BCUT2D eigenvalue weighted by atomic mass is 79.9. The molecule has 2 heteroatoms. The predicted octanol–water partition coefficient (Wildman–Crippen LogP) is 4.64. The van der Waals surface area contributed by atoms with Crippen molar-refractivity contribution < 1.29 is 0 Å². The van der Waals surface area contributed by atoms with Crippen LogP contribution in [0.1, 0.15) is 38.7 Å². The first kappa shape index (κ1) is 13.9. The molecular formula is C16H24BrN. The minimum Gasteiger partial charge on any atom is -0.368 e. The van der Waals surface area contributed by atoms with Crippen LogP contribution in [0.25, 0.3) is 0 Å². The van der Waals surface area contributed by atoms with Gasteiger partial charge in [0, 0.05) is 23.6 Å². The van der Waals surface area contributed by atoms with Crippen molar-refractivity contribution >= 4 is 21.6 Å². The zero-order valence-corrected chi connectivity index (χ0v) is 13.1. The molecule has 0 aromatic heterocycles. The Morgan fingerprint density at radius 1 is 1.39 bits per heavy atom. The van der Waals surface area contributed by atoms with Gasteiger partial charge < -0.3 is 4.90 Å². The summed E-state index contributed by atoms with van der Waals surface area (Å²) in [6.45, 7) is 5.84. The summed E-state index contributed by atoms with van der Waals surface area (Å²) < 4.78 is 0. The Morgan fingerprint density at radius 2 is 2.17 bits per heavy atom. The molecule has 0 saturated carbocycles. The second kappa shape index (κ2) is 6.60. The molecule has 0 bridgehead atoms. The summed E-state index contributed by atoms with van der Waals surface area (Å²) in [5, 5.41) is 1.12. The van der Waals surface area contributed by atoms with E-state index in [4.69, 9.17) is 0 Å². The zero-order valence-electron chi connectivity index (χ0n) is 11.5. The van der Waals surface area contributed by atoms with E-state index in [-0.39, 0.29) is 0 Å². The zero-order chi connectivity index (χ0) is 13.0. The number of rotatable bonds is 5. The highest BCUT2D eigenvalue weighted by molar-refractivity contribution is 9.09. The molecule has 1 aromatic carbocycles. The molecule has 1 heterocycles. The lowest BCUT2D eigenvalue weighted by atomic mass is 9.94. The van der Waals surface area contributed by atoms with Gasteiger partial charge >= 0.3 is 0 Å². The number of hydrogen-bond donors (Lipinski definition) is 0. The summed E-state index contributed by atoms with van der Waals surface area (Å²) in [5.74, 6) is 0.767. The topological polar surface area (TPSA) is 3.24 Å². The monoisotopic (exact) mass is 309 g/mol. The van der Waals surface area contributed by atoms with Crippen LogP contribution in [0.4, 0.5) is 5.69 Å². The first-order valence-electron chi connectivity index (χ1n) is 7.16. The Labute approximate surface area is 120 Å². The van der Waals surface area contributed by atoms with Crippen molar-refractivity contribution in [2.45, 2.75) is 45.6 Å². The molecule has 0 radical (unpaired) electrons. The molecule has 1 nitrogen and oxygen atoms in total. The van der Waals surface area contributed by atoms with Gasteiger partial charge in [0.15, 0.2) is 0 Å². The van der Waals surface area contributed by atoms with Gasteiger partial charge in [0.05, 0.1) is 0 Å². The quantitative estimate of drug-likeness (QED) is 0.716. The maximum absolute atomic E-state index is 3.68. The molecule has 0 saturated heterocycles. The van der Waals surface area contributed by atoms with Gasteiger partial charge in [0.25, 0.3) is 0 Å². The molecule has 0 aliphatic carbocycles. The van der Waals surface area contributed by atoms with E-state index >= 15 is 0 Å². The normalized spacial score (nSPS) is 20.6. The van der Waals surface area contributed by atoms with Gasteiger partial charge in [-0.05, 0) is 43.7 Å². The SMILES string of the molecule is CCCC(CBr)CN1c2ccccc2CCC1C. The number of alkyl halides is 1. The van der Waals surface area contributed by atoms with Crippen LogP contribution in [0.5, 0.6) is 0 Å². The van der Waals surface area contributed by atoms with Crippen LogP contribution in [0.15, 0.2) is 24.3 Å². The third kappa shape index (κ3) is 3.09. The maximum atomic E-state index is 3.68. The van der Waals surface area contributed by atoms with E-state index < -0.39 is 0 Å². The Hall–Kier alpha value is -0.500. The van der Waals surface area contributed by atoms with Crippen LogP contribution in [-0.2, 0) is 6.42 Å². The van der Waals surface area contributed by atoms with Crippen molar-refractivity contribution in [3.8, 4) is 0 Å². The van der Waals surface area contributed by atoms with Crippen molar-refractivity contribution in [1.82, 2.24) is 0 Å². The third-order valence-electron chi connectivity index (χ3n) is 4.03. The minimum atomic E-state index is 0.679. The molecule has 0 fully saturated rings.